The predicted molar refractivity (Wildman–Crippen MR) is 88.6 cm³/mol. The van der Waals surface area contributed by atoms with Crippen LogP contribution in [0.3, 0.4) is 0 Å². The molecule has 0 bridgehead atoms. The minimum absolute atomic E-state index is 0.00923. The first-order valence-corrected chi connectivity index (χ1v) is 8.76. The van der Waals surface area contributed by atoms with Crippen molar-refractivity contribution in [1.82, 2.24) is 10.2 Å². The molecule has 128 valence electrons. The number of piperidine rings is 1. The van der Waals surface area contributed by atoms with Crippen molar-refractivity contribution in [2.45, 2.75) is 58.0 Å². The molecule has 2 atom stereocenters. The molecule has 2 unspecified atom stereocenters. The third kappa shape index (κ3) is 4.67. The highest BCUT2D eigenvalue weighted by atomic mass is 16.5. The first-order valence-electron chi connectivity index (χ1n) is 8.76. The maximum absolute atomic E-state index is 12.3. The molecule has 0 saturated carbocycles. The molecule has 2 saturated heterocycles. The van der Waals surface area contributed by atoms with Crippen molar-refractivity contribution in [2.75, 3.05) is 32.8 Å². The van der Waals surface area contributed by atoms with Crippen LogP contribution >= 0.6 is 0 Å². The molecule has 0 aromatic carbocycles. The Hall–Kier alpha value is -0.650. The molecule has 0 spiro atoms. The monoisotopic (exact) mass is 311 g/mol. The number of ether oxygens (including phenoxy) is 1. The summed E-state index contributed by atoms with van der Waals surface area (Å²) >= 11 is 0. The lowest BCUT2D eigenvalue weighted by Gasteiger charge is -2.43. The van der Waals surface area contributed by atoms with E-state index in [0.717, 1.165) is 45.1 Å². The van der Waals surface area contributed by atoms with Gasteiger partial charge in [-0.25, -0.2) is 0 Å². The van der Waals surface area contributed by atoms with Crippen LogP contribution in [0.2, 0.25) is 0 Å². The lowest BCUT2D eigenvalue weighted by Crippen LogP contribution is -2.57. The number of likely N-dealkylation sites (tertiary alicyclic amines) is 1. The Morgan fingerprint density at radius 3 is 2.68 bits per heavy atom. The number of nitrogens with zero attached hydrogens (tertiary/aromatic N) is 1. The summed E-state index contributed by atoms with van der Waals surface area (Å²) in [5.74, 6) is 0.991. The fourth-order valence-corrected chi connectivity index (χ4v) is 3.56. The van der Waals surface area contributed by atoms with Crippen LogP contribution in [0.15, 0.2) is 0 Å². The number of nitrogens with two attached hydrogens (primary N) is 1. The molecule has 0 aliphatic carbocycles. The van der Waals surface area contributed by atoms with E-state index in [0.29, 0.717) is 6.54 Å². The van der Waals surface area contributed by atoms with E-state index in [1.807, 2.05) is 0 Å². The molecule has 0 radical (unpaired) electrons. The lowest BCUT2D eigenvalue weighted by molar-refractivity contribution is -0.125. The van der Waals surface area contributed by atoms with Gasteiger partial charge < -0.3 is 15.8 Å². The van der Waals surface area contributed by atoms with Crippen LogP contribution in [0.25, 0.3) is 0 Å². The van der Waals surface area contributed by atoms with Gasteiger partial charge in [0.2, 0.25) is 5.91 Å². The van der Waals surface area contributed by atoms with Gasteiger partial charge in [0, 0.05) is 31.8 Å². The van der Waals surface area contributed by atoms with E-state index >= 15 is 0 Å². The minimum Gasteiger partial charge on any atom is -0.381 e. The van der Waals surface area contributed by atoms with Gasteiger partial charge in [0.05, 0.1) is 6.04 Å². The second-order valence-corrected chi connectivity index (χ2v) is 7.70. The smallest absolute Gasteiger partial charge is 0.237 e. The molecule has 1 amide bonds. The second-order valence-electron chi connectivity index (χ2n) is 7.70. The Bertz CT molecular complexity index is 367. The highest BCUT2D eigenvalue weighted by Crippen LogP contribution is 2.23. The van der Waals surface area contributed by atoms with E-state index in [2.05, 4.69) is 31.0 Å². The molecule has 2 aliphatic heterocycles. The molecule has 2 fully saturated rings. The number of carbonyl (C=O) groups excluding carboxylic acids is 1. The highest BCUT2D eigenvalue weighted by Gasteiger charge is 2.32. The fourth-order valence-electron chi connectivity index (χ4n) is 3.56. The summed E-state index contributed by atoms with van der Waals surface area (Å²) in [6.45, 7) is 11.1. The standard InChI is InChI=1S/C17H33N3O2/c1-13-5-4-8-20(11-13)17(2,3)12-19-16(21)15(18)14-6-9-22-10-7-14/h13-15H,4-12,18H2,1-3H3,(H,19,21). The molecule has 0 aromatic heterocycles. The van der Waals surface area contributed by atoms with E-state index in [1.54, 1.807) is 0 Å². The Balaban J connectivity index is 1.80. The topological polar surface area (TPSA) is 67.6 Å². The van der Waals surface area contributed by atoms with Crippen molar-refractivity contribution in [3.63, 3.8) is 0 Å². The fraction of sp³-hybridized carbons (Fsp3) is 0.941. The summed E-state index contributed by atoms with van der Waals surface area (Å²) in [5, 5.41) is 3.09. The van der Waals surface area contributed by atoms with Gasteiger partial charge in [-0.2, -0.15) is 0 Å². The first kappa shape index (κ1) is 17.7. The Morgan fingerprint density at radius 1 is 1.36 bits per heavy atom. The molecule has 2 aliphatic rings. The Kier molecular flexibility index (Phi) is 6.24. The van der Waals surface area contributed by atoms with Gasteiger partial charge in [0.25, 0.3) is 0 Å². The van der Waals surface area contributed by atoms with Gasteiger partial charge in [-0.05, 0) is 57.9 Å². The number of carbonyl (C=O) groups is 1. The maximum Gasteiger partial charge on any atom is 0.237 e. The summed E-state index contributed by atoms with van der Waals surface area (Å²) in [7, 11) is 0. The summed E-state index contributed by atoms with van der Waals surface area (Å²) in [6, 6.07) is -0.403. The number of rotatable bonds is 5. The number of nitrogens with one attached hydrogen (secondary N) is 1. The third-order valence-electron chi connectivity index (χ3n) is 5.28. The predicted octanol–water partition coefficient (Wildman–Crippen LogP) is 1.37. The third-order valence-corrected chi connectivity index (χ3v) is 5.28. The number of hydrogen-bond acceptors (Lipinski definition) is 4. The SMILES string of the molecule is CC1CCCN(C(C)(C)CNC(=O)C(N)C2CCOCC2)C1. The summed E-state index contributed by atoms with van der Waals surface area (Å²) in [5.41, 5.74) is 6.13. The summed E-state index contributed by atoms with van der Waals surface area (Å²) in [4.78, 5) is 14.8. The first-order chi connectivity index (χ1) is 10.4. The van der Waals surface area contributed by atoms with Crippen LogP contribution in [0, 0.1) is 11.8 Å². The molecule has 5 heteroatoms. The molecule has 22 heavy (non-hydrogen) atoms. The molecule has 0 aromatic rings. The Morgan fingerprint density at radius 2 is 2.05 bits per heavy atom. The van der Waals surface area contributed by atoms with Gasteiger partial charge in [0.15, 0.2) is 0 Å². The average Bonchev–Trinajstić information content (AvgIpc) is 2.53. The molecule has 3 N–H and O–H groups in total. The van der Waals surface area contributed by atoms with Crippen LogP contribution < -0.4 is 11.1 Å². The average molecular weight is 311 g/mol. The van der Waals surface area contributed by atoms with Crippen molar-refractivity contribution in [1.29, 1.82) is 0 Å². The molecule has 2 heterocycles. The zero-order chi connectivity index (χ0) is 16.2. The van der Waals surface area contributed by atoms with Crippen molar-refractivity contribution in [3.8, 4) is 0 Å². The van der Waals surface area contributed by atoms with Crippen LogP contribution in [-0.2, 0) is 9.53 Å². The van der Waals surface area contributed by atoms with Gasteiger partial charge in [-0.1, -0.05) is 6.92 Å². The van der Waals surface area contributed by atoms with Crippen molar-refractivity contribution < 1.29 is 9.53 Å². The highest BCUT2D eigenvalue weighted by molar-refractivity contribution is 5.81. The zero-order valence-electron chi connectivity index (χ0n) is 14.4. The van der Waals surface area contributed by atoms with Crippen molar-refractivity contribution in [3.05, 3.63) is 0 Å². The largest absolute Gasteiger partial charge is 0.381 e. The van der Waals surface area contributed by atoms with E-state index in [-0.39, 0.29) is 17.4 Å². The van der Waals surface area contributed by atoms with E-state index in [9.17, 15) is 4.79 Å². The maximum atomic E-state index is 12.3. The summed E-state index contributed by atoms with van der Waals surface area (Å²) in [6.07, 6.45) is 4.34. The number of hydrogen-bond donors (Lipinski definition) is 2. The van der Waals surface area contributed by atoms with Crippen LogP contribution in [0.1, 0.15) is 46.5 Å². The molecular weight excluding hydrogens is 278 g/mol. The van der Waals surface area contributed by atoms with Gasteiger partial charge in [-0.3, -0.25) is 9.69 Å². The van der Waals surface area contributed by atoms with Gasteiger partial charge in [0.1, 0.15) is 0 Å². The van der Waals surface area contributed by atoms with E-state index in [4.69, 9.17) is 10.5 Å². The molecule has 2 rings (SSSR count). The molecule has 5 nitrogen and oxygen atoms in total. The van der Waals surface area contributed by atoms with Crippen molar-refractivity contribution >= 4 is 5.91 Å². The Labute approximate surface area is 134 Å². The van der Waals surface area contributed by atoms with E-state index in [1.165, 1.54) is 12.8 Å². The van der Waals surface area contributed by atoms with Crippen molar-refractivity contribution in [2.24, 2.45) is 17.6 Å². The van der Waals surface area contributed by atoms with Crippen LogP contribution in [-0.4, -0.2) is 55.2 Å². The summed E-state index contributed by atoms with van der Waals surface area (Å²) < 4.78 is 5.34. The lowest BCUT2D eigenvalue weighted by atomic mass is 9.91. The zero-order valence-corrected chi connectivity index (χ0v) is 14.4. The van der Waals surface area contributed by atoms with Crippen LogP contribution in [0.5, 0.6) is 0 Å². The normalized spacial score (nSPS) is 26.6. The van der Waals surface area contributed by atoms with Gasteiger partial charge >= 0.3 is 0 Å². The number of amides is 1. The van der Waals surface area contributed by atoms with Crippen LogP contribution in [0.4, 0.5) is 0 Å². The van der Waals surface area contributed by atoms with Gasteiger partial charge in [-0.15, -0.1) is 0 Å². The van der Waals surface area contributed by atoms with E-state index < -0.39 is 6.04 Å². The second kappa shape index (κ2) is 7.75. The molecular formula is C17H33N3O2. The quantitative estimate of drug-likeness (QED) is 0.805. The minimum atomic E-state index is -0.403.